The molecule has 2 fully saturated rings. The van der Waals surface area contributed by atoms with Crippen molar-refractivity contribution in [1.82, 2.24) is 9.80 Å². The van der Waals surface area contributed by atoms with Crippen LogP contribution in [-0.2, 0) is 0 Å². The van der Waals surface area contributed by atoms with Crippen LogP contribution in [0, 0.1) is 5.92 Å². The van der Waals surface area contributed by atoms with E-state index in [4.69, 9.17) is 5.73 Å². The minimum atomic E-state index is 0.212. The van der Waals surface area contributed by atoms with E-state index in [1.807, 2.05) is 0 Å². The molecule has 1 saturated heterocycles. The van der Waals surface area contributed by atoms with Gasteiger partial charge in [0, 0.05) is 44.3 Å². The van der Waals surface area contributed by atoms with E-state index in [-0.39, 0.29) is 5.54 Å². The molecule has 0 aromatic rings. The topological polar surface area (TPSA) is 32.5 Å². The van der Waals surface area contributed by atoms with Crippen LogP contribution in [0.4, 0.5) is 0 Å². The molecule has 2 rings (SSSR count). The first-order valence-corrected chi connectivity index (χ1v) is 7.24. The molecule has 2 aliphatic rings. The lowest BCUT2D eigenvalue weighted by molar-refractivity contribution is 0.0317. The number of nitrogens with two attached hydrogens (primary N) is 1. The molecule has 100 valence electrons. The van der Waals surface area contributed by atoms with Gasteiger partial charge in [-0.05, 0) is 32.1 Å². The molecule has 1 aliphatic heterocycles. The number of hydrogen-bond acceptors (Lipinski definition) is 3. The Kier molecular flexibility index (Phi) is 4.11. The molecule has 1 heterocycles. The molecule has 1 unspecified atom stereocenters. The Morgan fingerprint density at radius 3 is 2.18 bits per heavy atom. The summed E-state index contributed by atoms with van der Waals surface area (Å²) in [5.74, 6) is 0.727. The average Bonchev–Trinajstić information content (AvgIpc) is 3.12. The van der Waals surface area contributed by atoms with Gasteiger partial charge in [-0.15, -0.1) is 0 Å². The molecule has 2 N–H and O–H groups in total. The smallest absolute Gasteiger partial charge is 0.0307 e. The molecular weight excluding hydrogens is 210 g/mol. The zero-order chi connectivity index (χ0) is 12.5. The Bertz CT molecular complexity index is 242. The zero-order valence-electron chi connectivity index (χ0n) is 11.8. The number of rotatable bonds is 5. The van der Waals surface area contributed by atoms with Gasteiger partial charge in [-0.2, -0.15) is 0 Å². The second-order valence-electron chi connectivity index (χ2n) is 6.55. The molecule has 1 atom stereocenters. The van der Waals surface area contributed by atoms with Crippen molar-refractivity contribution in [3.8, 4) is 0 Å². The van der Waals surface area contributed by atoms with Crippen molar-refractivity contribution < 1.29 is 0 Å². The van der Waals surface area contributed by atoms with E-state index in [0.717, 1.165) is 18.5 Å². The van der Waals surface area contributed by atoms with Gasteiger partial charge in [-0.3, -0.25) is 9.80 Å². The van der Waals surface area contributed by atoms with E-state index in [2.05, 4.69) is 30.6 Å². The van der Waals surface area contributed by atoms with Crippen LogP contribution in [0.15, 0.2) is 0 Å². The van der Waals surface area contributed by atoms with Gasteiger partial charge in [0.25, 0.3) is 0 Å². The van der Waals surface area contributed by atoms with Crippen LogP contribution in [0.25, 0.3) is 0 Å². The summed E-state index contributed by atoms with van der Waals surface area (Å²) in [6, 6.07) is 0.923. The number of nitrogens with zero attached hydrogens (tertiary/aromatic N) is 2. The molecule has 0 aromatic heterocycles. The van der Waals surface area contributed by atoms with E-state index in [9.17, 15) is 0 Å². The fraction of sp³-hybridized carbons (Fsp3) is 1.00. The quantitative estimate of drug-likeness (QED) is 0.790. The van der Waals surface area contributed by atoms with Crippen LogP contribution in [0.3, 0.4) is 0 Å². The predicted octanol–water partition coefficient (Wildman–Crippen LogP) is 1.53. The molecule has 1 aliphatic carbocycles. The highest BCUT2D eigenvalue weighted by Crippen LogP contribution is 2.30. The van der Waals surface area contributed by atoms with E-state index in [1.165, 1.54) is 45.4 Å². The van der Waals surface area contributed by atoms with Crippen molar-refractivity contribution in [2.75, 3.05) is 32.7 Å². The van der Waals surface area contributed by atoms with Gasteiger partial charge in [0.15, 0.2) is 0 Å². The summed E-state index contributed by atoms with van der Waals surface area (Å²) in [5.41, 5.74) is 6.25. The van der Waals surface area contributed by atoms with Gasteiger partial charge < -0.3 is 5.73 Å². The molecular formula is C14H29N3. The van der Waals surface area contributed by atoms with Crippen LogP contribution in [-0.4, -0.2) is 54.1 Å². The number of hydrogen-bond donors (Lipinski definition) is 1. The predicted molar refractivity (Wildman–Crippen MR) is 73.1 cm³/mol. The molecule has 17 heavy (non-hydrogen) atoms. The minimum Gasteiger partial charge on any atom is -0.329 e. The lowest BCUT2D eigenvalue weighted by atomic mass is 9.88. The van der Waals surface area contributed by atoms with Crippen molar-refractivity contribution in [3.63, 3.8) is 0 Å². The molecule has 0 spiro atoms. The van der Waals surface area contributed by atoms with Gasteiger partial charge in [-0.25, -0.2) is 0 Å². The maximum Gasteiger partial charge on any atom is 0.0307 e. The van der Waals surface area contributed by atoms with Gasteiger partial charge in [-0.1, -0.05) is 13.8 Å². The highest BCUT2D eigenvalue weighted by atomic mass is 15.3. The number of piperazine rings is 1. The van der Waals surface area contributed by atoms with Crippen molar-refractivity contribution in [2.45, 2.75) is 51.6 Å². The summed E-state index contributed by atoms with van der Waals surface area (Å²) in [5, 5.41) is 0. The largest absolute Gasteiger partial charge is 0.329 e. The van der Waals surface area contributed by atoms with E-state index >= 15 is 0 Å². The second-order valence-corrected chi connectivity index (χ2v) is 6.55. The third-order valence-electron chi connectivity index (χ3n) is 4.43. The SMILES string of the molecule is CC(C)CC(C)(CN)N1CCN(C2CC2)CC1. The second kappa shape index (κ2) is 5.25. The molecule has 0 amide bonds. The van der Waals surface area contributed by atoms with Crippen molar-refractivity contribution in [2.24, 2.45) is 11.7 Å². The standard InChI is InChI=1S/C14H29N3/c1-12(2)10-14(3,11-15)17-8-6-16(7-9-17)13-4-5-13/h12-13H,4-11,15H2,1-3H3. The van der Waals surface area contributed by atoms with Crippen LogP contribution in [0.5, 0.6) is 0 Å². The Balaban J connectivity index is 1.87. The lowest BCUT2D eigenvalue weighted by Crippen LogP contribution is -2.59. The van der Waals surface area contributed by atoms with Gasteiger partial charge >= 0.3 is 0 Å². The highest BCUT2D eigenvalue weighted by Gasteiger charge is 2.36. The maximum absolute atomic E-state index is 6.04. The Morgan fingerprint density at radius 2 is 1.76 bits per heavy atom. The van der Waals surface area contributed by atoms with E-state index < -0.39 is 0 Å². The third kappa shape index (κ3) is 3.21. The molecule has 1 saturated carbocycles. The van der Waals surface area contributed by atoms with Crippen LogP contribution >= 0.6 is 0 Å². The molecule has 0 aromatic carbocycles. The van der Waals surface area contributed by atoms with Crippen molar-refractivity contribution in [1.29, 1.82) is 0 Å². The fourth-order valence-electron chi connectivity index (χ4n) is 3.29. The Hall–Kier alpha value is -0.120. The summed E-state index contributed by atoms with van der Waals surface area (Å²) in [7, 11) is 0. The first kappa shape index (κ1) is 13.3. The molecule has 3 nitrogen and oxygen atoms in total. The van der Waals surface area contributed by atoms with Crippen molar-refractivity contribution >= 4 is 0 Å². The van der Waals surface area contributed by atoms with Gasteiger partial charge in [0.2, 0.25) is 0 Å². The van der Waals surface area contributed by atoms with Gasteiger partial charge in [0.1, 0.15) is 0 Å². The highest BCUT2D eigenvalue weighted by molar-refractivity contribution is 4.94. The first-order valence-electron chi connectivity index (χ1n) is 7.24. The van der Waals surface area contributed by atoms with E-state index in [0.29, 0.717) is 0 Å². The monoisotopic (exact) mass is 239 g/mol. The summed E-state index contributed by atoms with van der Waals surface area (Å²) >= 11 is 0. The minimum absolute atomic E-state index is 0.212. The summed E-state index contributed by atoms with van der Waals surface area (Å²) in [6.07, 6.45) is 4.08. The maximum atomic E-state index is 6.04. The average molecular weight is 239 g/mol. The van der Waals surface area contributed by atoms with Crippen LogP contribution < -0.4 is 5.73 Å². The van der Waals surface area contributed by atoms with Crippen LogP contribution in [0.1, 0.15) is 40.0 Å². The first-order chi connectivity index (χ1) is 8.05. The van der Waals surface area contributed by atoms with Gasteiger partial charge in [0.05, 0.1) is 0 Å². The zero-order valence-corrected chi connectivity index (χ0v) is 11.8. The van der Waals surface area contributed by atoms with Crippen molar-refractivity contribution in [3.05, 3.63) is 0 Å². The fourth-order valence-corrected chi connectivity index (χ4v) is 3.29. The third-order valence-corrected chi connectivity index (χ3v) is 4.43. The van der Waals surface area contributed by atoms with Crippen LogP contribution in [0.2, 0.25) is 0 Å². The normalized spacial score (nSPS) is 27.4. The summed E-state index contributed by atoms with van der Waals surface area (Å²) < 4.78 is 0. The molecule has 0 radical (unpaired) electrons. The Labute approximate surface area is 106 Å². The van der Waals surface area contributed by atoms with E-state index in [1.54, 1.807) is 0 Å². The summed E-state index contributed by atoms with van der Waals surface area (Å²) in [6.45, 7) is 12.6. The summed E-state index contributed by atoms with van der Waals surface area (Å²) in [4.78, 5) is 5.30. The molecule has 3 heteroatoms. The lowest BCUT2D eigenvalue weighted by Gasteiger charge is -2.46. The molecule has 0 bridgehead atoms. The Morgan fingerprint density at radius 1 is 1.18 bits per heavy atom.